The highest BCUT2D eigenvalue weighted by Gasteiger charge is 2.52. The molecule has 1 fully saturated rings. The van der Waals surface area contributed by atoms with Gasteiger partial charge in [0.15, 0.2) is 5.79 Å². The van der Waals surface area contributed by atoms with Crippen molar-refractivity contribution in [3.63, 3.8) is 0 Å². The Bertz CT molecular complexity index is 609. The first kappa shape index (κ1) is 16.6. The average Bonchev–Trinajstić information content (AvgIpc) is 3.00. The van der Waals surface area contributed by atoms with Gasteiger partial charge in [-0.15, -0.1) is 0 Å². The zero-order valence-electron chi connectivity index (χ0n) is 13.6. The number of methoxy groups -OCH3 is 1. The lowest BCUT2D eigenvalue weighted by molar-refractivity contribution is -0.194. The van der Waals surface area contributed by atoms with E-state index < -0.39 is 5.79 Å². The largest absolute Gasteiger partial charge is 0.496 e. The molecule has 2 atom stereocenters. The molecule has 1 aromatic rings. The Morgan fingerprint density at radius 2 is 2.09 bits per heavy atom. The fraction of sp³-hybridized carbons (Fsp3) is 0.588. The molecular weight excluding hydrogens is 320 g/mol. The summed E-state index contributed by atoms with van der Waals surface area (Å²) >= 11 is 6.46. The van der Waals surface area contributed by atoms with Crippen LogP contribution in [-0.2, 0) is 24.8 Å². The van der Waals surface area contributed by atoms with Gasteiger partial charge in [-0.3, -0.25) is 4.79 Å². The second-order valence-electron chi connectivity index (χ2n) is 5.84. The van der Waals surface area contributed by atoms with Gasteiger partial charge in [-0.1, -0.05) is 18.5 Å². The summed E-state index contributed by atoms with van der Waals surface area (Å²) in [6.07, 6.45) is 0.400. The van der Waals surface area contributed by atoms with Crippen molar-refractivity contribution in [3.05, 3.63) is 28.3 Å². The normalized spacial score (nSPS) is 25.2. The molecule has 0 radical (unpaired) electrons. The van der Waals surface area contributed by atoms with E-state index in [2.05, 4.69) is 0 Å². The molecule has 0 aromatic heterocycles. The monoisotopic (exact) mass is 340 g/mol. The van der Waals surface area contributed by atoms with Gasteiger partial charge in [0.25, 0.3) is 0 Å². The standard InChI is InChI=1S/C17H21ClO5/c1-4-21-16(19)11-9-17(22-7-8-23-17)15-13(20-3)6-5-12(18)14(15)10(11)2/h5-6,10-11H,4,7-9H2,1-3H3/t10-,11-/m1/s1. The molecule has 23 heavy (non-hydrogen) atoms. The molecule has 0 N–H and O–H groups in total. The lowest BCUT2D eigenvalue weighted by Crippen LogP contribution is -2.41. The third-order valence-corrected chi connectivity index (χ3v) is 4.98. The fourth-order valence-electron chi connectivity index (χ4n) is 3.61. The highest BCUT2D eigenvalue weighted by atomic mass is 35.5. The lowest BCUT2D eigenvalue weighted by atomic mass is 9.72. The van der Waals surface area contributed by atoms with Gasteiger partial charge >= 0.3 is 5.97 Å². The number of rotatable bonds is 3. The van der Waals surface area contributed by atoms with Crippen LogP contribution in [-0.4, -0.2) is 32.9 Å². The SMILES string of the molecule is CCOC(=O)[C@@H]1CC2(OCCO2)c2c(OC)ccc(Cl)c2[C@@H]1C. The van der Waals surface area contributed by atoms with E-state index in [1.54, 1.807) is 20.1 Å². The van der Waals surface area contributed by atoms with E-state index in [1.807, 2.05) is 13.0 Å². The summed E-state index contributed by atoms with van der Waals surface area (Å²) < 4.78 is 22.6. The summed E-state index contributed by atoms with van der Waals surface area (Å²) in [5, 5.41) is 0.584. The number of benzene rings is 1. The molecule has 1 heterocycles. The van der Waals surface area contributed by atoms with E-state index in [9.17, 15) is 4.79 Å². The molecule has 3 rings (SSSR count). The molecule has 1 aliphatic carbocycles. The number of esters is 1. The van der Waals surface area contributed by atoms with Crippen molar-refractivity contribution in [2.24, 2.45) is 5.92 Å². The number of hydrogen-bond donors (Lipinski definition) is 0. The summed E-state index contributed by atoms with van der Waals surface area (Å²) in [5.41, 5.74) is 1.65. The van der Waals surface area contributed by atoms with Crippen molar-refractivity contribution in [1.29, 1.82) is 0 Å². The molecule has 1 spiro atoms. The van der Waals surface area contributed by atoms with Crippen molar-refractivity contribution < 1.29 is 23.7 Å². The maximum absolute atomic E-state index is 12.4. The van der Waals surface area contributed by atoms with Crippen molar-refractivity contribution in [2.75, 3.05) is 26.9 Å². The van der Waals surface area contributed by atoms with Crippen molar-refractivity contribution in [2.45, 2.75) is 32.0 Å². The van der Waals surface area contributed by atoms with Crippen LogP contribution in [0, 0.1) is 5.92 Å². The quantitative estimate of drug-likeness (QED) is 0.791. The summed E-state index contributed by atoms with van der Waals surface area (Å²) in [5.74, 6) is -1.05. The molecule has 1 saturated heterocycles. The van der Waals surface area contributed by atoms with Gasteiger partial charge in [0, 0.05) is 11.4 Å². The second kappa shape index (κ2) is 6.30. The Balaban J connectivity index is 2.16. The Morgan fingerprint density at radius 3 is 2.70 bits per heavy atom. The summed E-state index contributed by atoms with van der Waals surface area (Å²) in [7, 11) is 1.61. The minimum absolute atomic E-state index is 0.106. The molecule has 0 amide bonds. The van der Waals surface area contributed by atoms with Crippen LogP contribution in [0.2, 0.25) is 5.02 Å². The van der Waals surface area contributed by atoms with Crippen LogP contribution in [0.5, 0.6) is 5.75 Å². The Kier molecular flexibility index (Phi) is 4.54. The topological polar surface area (TPSA) is 54.0 Å². The molecule has 2 aliphatic rings. The first-order valence-corrected chi connectivity index (χ1v) is 8.23. The van der Waals surface area contributed by atoms with Crippen LogP contribution < -0.4 is 4.74 Å². The Morgan fingerprint density at radius 1 is 1.39 bits per heavy atom. The Labute approximate surface area is 140 Å². The number of halogens is 1. The van der Waals surface area contributed by atoms with Gasteiger partial charge in [0.05, 0.1) is 38.4 Å². The van der Waals surface area contributed by atoms with Crippen molar-refractivity contribution >= 4 is 17.6 Å². The minimum Gasteiger partial charge on any atom is -0.496 e. The van der Waals surface area contributed by atoms with Crippen LogP contribution in [0.1, 0.15) is 37.3 Å². The maximum Gasteiger partial charge on any atom is 0.309 e. The maximum atomic E-state index is 12.4. The van der Waals surface area contributed by atoms with E-state index >= 15 is 0 Å². The minimum atomic E-state index is -0.991. The number of fused-ring (bicyclic) bond motifs is 2. The zero-order chi connectivity index (χ0) is 16.6. The molecule has 0 unspecified atom stereocenters. The van der Waals surface area contributed by atoms with Gasteiger partial charge in [-0.05, 0) is 30.5 Å². The smallest absolute Gasteiger partial charge is 0.309 e. The summed E-state index contributed by atoms with van der Waals surface area (Å²) in [6, 6.07) is 3.59. The molecule has 1 aliphatic heterocycles. The number of ether oxygens (including phenoxy) is 4. The van der Waals surface area contributed by atoms with Crippen molar-refractivity contribution in [3.8, 4) is 5.75 Å². The van der Waals surface area contributed by atoms with E-state index in [4.69, 9.17) is 30.5 Å². The number of carbonyl (C=O) groups is 1. The van der Waals surface area contributed by atoms with Crippen LogP contribution in [0.15, 0.2) is 12.1 Å². The molecular formula is C17H21ClO5. The summed E-state index contributed by atoms with van der Waals surface area (Å²) in [6.45, 7) is 5.06. The lowest BCUT2D eigenvalue weighted by Gasteiger charge is -2.41. The van der Waals surface area contributed by atoms with E-state index in [0.717, 1.165) is 11.1 Å². The first-order valence-electron chi connectivity index (χ1n) is 7.85. The van der Waals surface area contributed by atoms with Crippen LogP contribution >= 0.6 is 11.6 Å². The molecule has 126 valence electrons. The van der Waals surface area contributed by atoms with E-state index in [0.29, 0.717) is 37.0 Å². The second-order valence-corrected chi connectivity index (χ2v) is 6.25. The third-order valence-electron chi connectivity index (χ3n) is 4.65. The molecule has 1 aromatic carbocycles. The highest BCUT2D eigenvalue weighted by molar-refractivity contribution is 6.31. The van der Waals surface area contributed by atoms with Gasteiger partial charge in [0.2, 0.25) is 0 Å². The van der Waals surface area contributed by atoms with Gasteiger partial charge in [0.1, 0.15) is 5.75 Å². The molecule has 5 nitrogen and oxygen atoms in total. The number of carbonyl (C=O) groups excluding carboxylic acids is 1. The molecule has 0 saturated carbocycles. The van der Waals surface area contributed by atoms with Gasteiger partial charge < -0.3 is 18.9 Å². The zero-order valence-corrected chi connectivity index (χ0v) is 14.3. The third kappa shape index (κ3) is 2.61. The van der Waals surface area contributed by atoms with Crippen LogP contribution in [0.25, 0.3) is 0 Å². The Hall–Kier alpha value is -1.30. The molecule has 6 heteroatoms. The van der Waals surface area contributed by atoms with Crippen LogP contribution in [0.3, 0.4) is 0 Å². The van der Waals surface area contributed by atoms with Gasteiger partial charge in [-0.2, -0.15) is 0 Å². The predicted molar refractivity (Wildman–Crippen MR) is 84.7 cm³/mol. The predicted octanol–water partition coefficient (Wildman–Crippen LogP) is 3.23. The van der Waals surface area contributed by atoms with Crippen LogP contribution in [0.4, 0.5) is 0 Å². The first-order chi connectivity index (χ1) is 11.0. The molecule has 0 bridgehead atoms. The number of hydrogen-bond acceptors (Lipinski definition) is 5. The fourth-order valence-corrected chi connectivity index (χ4v) is 3.94. The average molecular weight is 341 g/mol. The van der Waals surface area contributed by atoms with Crippen molar-refractivity contribution in [1.82, 2.24) is 0 Å². The van der Waals surface area contributed by atoms with Gasteiger partial charge in [-0.25, -0.2) is 0 Å². The highest BCUT2D eigenvalue weighted by Crippen LogP contribution is 2.54. The van der Waals surface area contributed by atoms with E-state index in [-0.39, 0.29) is 17.8 Å². The van der Waals surface area contributed by atoms with E-state index in [1.165, 1.54) is 0 Å². The summed E-state index contributed by atoms with van der Waals surface area (Å²) in [4.78, 5) is 12.4.